The SMILES string of the molecule is NC(=O)C1CNCCN1Cc1cc(Br)ccc1O. The number of nitrogens with one attached hydrogen (secondary N) is 1. The van der Waals surface area contributed by atoms with E-state index in [1.54, 1.807) is 12.1 Å². The molecule has 0 bridgehead atoms. The second-order valence-corrected chi connectivity index (χ2v) is 5.28. The van der Waals surface area contributed by atoms with Gasteiger partial charge in [0.2, 0.25) is 5.91 Å². The van der Waals surface area contributed by atoms with Crippen molar-refractivity contribution in [1.82, 2.24) is 10.2 Å². The number of amides is 1. The van der Waals surface area contributed by atoms with Crippen molar-refractivity contribution in [1.29, 1.82) is 0 Å². The standard InChI is InChI=1S/C12H16BrN3O2/c13-9-1-2-11(17)8(5-9)7-16-4-3-15-6-10(16)12(14)18/h1-2,5,10,15,17H,3-4,6-7H2,(H2,14,18). The maximum absolute atomic E-state index is 11.4. The number of nitrogens with zero attached hydrogens (tertiary/aromatic N) is 1. The van der Waals surface area contributed by atoms with E-state index in [0.29, 0.717) is 13.1 Å². The Hall–Kier alpha value is -1.11. The molecule has 5 nitrogen and oxygen atoms in total. The summed E-state index contributed by atoms with van der Waals surface area (Å²) in [5.41, 5.74) is 6.18. The van der Waals surface area contributed by atoms with Crippen LogP contribution in [0.15, 0.2) is 22.7 Å². The number of primary amides is 1. The molecule has 0 spiro atoms. The fraction of sp³-hybridized carbons (Fsp3) is 0.417. The van der Waals surface area contributed by atoms with Crippen LogP contribution in [-0.4, -0.2) is 41.6 Å². The number of phenolic OH excluding ortho intramolecular Hbond substituents is 1. The molecule has 0 aromatic heterocycles. The third-order valence-electron chi connectivity index (χ3n) is 3.10. The molecule has 4 N–H and O–H groups in total. The van der Waals surface area contributed by atoms with Crippen LogP contribution < -0.4 is 11.1 Å². The molecule has 2 rings (SSSR count). The van der Waals surface area contributed by atoms with Gasteiger partial charge in [0.1, 0.15) is 11.8 Å². The molecule has 18 heavy (non-hydrogen) atoms. The minimum Gasteiger partial charge on any atom is -0.508 e. The van der Waals surface area contributed by atoms with Crippen LogP contribution >= 0.6 is 15.9 Å². The Morgan fingerprint density at radius 3 is 3.11 bits per heavy atom. The van der Waals surface area contributed by atoms with Gasteiger partial charge < -0.3 is 16.2 Å². The summed E-state index contributed by atoms with van der Waals surface area (Å²) in [7, 11) is 0. The highest BCUT2D eigenvalue weighted by atomic mass is 79.9. The topological polar surface area (TPSA) is 78.6 Å². The number of nitrogens with two attached hydrogens (primary N) is 1. The largest absolute Gasteiger partial charge is 0.508 e. The normalized spacial score (nSPS) is 20.8. The Kier molecular flexibility index (Phi) is 4.21. The van der Waals surface area contributed by atoms with Crippen LogP contribution in [0.5, 0.6) is 5.75 Å². The summed E-state index contributed by atoms with van der Waals surface area (Å²) in [5, 5.41) is 13.0. The smallest absolute Gasteiger partial charge is 0.236 e. The average Bonchev–Trinajstić information content (AvgIpc) is 2.34. The zero-order valence-corrected chi connectivity index (χ0v) is 11.5. The fourth-order valence-electron chi connectivity index (χ4n) is 2.12. The third-order valence-corrected chi connectivity index (χ3v) is 3.59. The fourth-order valence-corrected chi connectivity index (χ4v) is 2.52. The van der Waals surface area contributed by atoms with Crippen molar-refractivity contribution in [2.45, 2.75) is 12.6 Å². The van der Waals surface area contributed by atoms with Gasteiger partial charge in [0.05, 0.1) is 0 Å². The highest BCUT2D eigenvalue weighted by Gasteiger charge is 2.27. The Bertz CT molecular complexity index is 453. The predicted octanol–water partition coefficient (Wildman–Crippen LogP) is 0.414. The molecule has 1 aromatic rings. The van der Waals surface area contributed by atoms with Gasteiger partial charge in [-0.2, -0.15) is 0 Å². The number of carbonyl (C=O) groups excluding carboxylic acids is 1. The van der Waals surface area contributed by atoms with E-state index in [9.17, 15) is 9.90 Å². The van der Waals surface area contributed by atoms with Crippen LogP contribution in [0.4, 0.5) is 0 Å². The second kappa shape index (κ2) is 5.69. The summed E-state index contributed by atoms with van der Waals surface area (Å²) in [6.45, 7) is 2.63. The molecular formula is C12H16BrN3O2. The maximum Gasteiger partial charge on any atom is 0.236 e. The summed E-state index contributed by atoms with van der Waals surface area (Å²) < 4.78 is 0.904. The van der Waals surface area contributed by atoms with E-state index >= 15 is 0 Å². The van der Waals surface area contributed by atoms with Crippen LogP contribution in [0.3, 0.4) is 0 Å². The predicted molar refractivity (Wildman–Crippen MR) is 72.1 cm³/mol. The Morgan fingerprint density at radius 1 is 1.61 bits per heavy atom. The molecule has 0 aliphatic carbocycles. The van der Waals surface area contributed by atoms with Gasteiger partial charge in [0.25, 0.3) is 0 Å². The molecule has 98 valence electrons. The van der Waals surface area contributed by atoms with Gasteiger partial charge >= 0.3 is 0 Å². The second-order valence-electron chi connectivity index (χ2n) is 4.37. The van der Waals surface area contributed by atoms with Crippen molar-refractivity contribution in [3.05, 3.63) is 28.2 Å². The number of benzene rings is 1. The zero-order valence-electron chi connectivity index (χ0n) is 9.90. The summed E-state index contributed by atoms with van der Waals surface area (Å²) in [5.74, 6) is -0.100. The number of hydrogen-bond acceptors (Lipinski definition) is 4. The number of aromatic hydroxyl groups is 1. The molecule has 1 unspecified atom stereocenters. The number of hydrogen-bond donors (Lipinski definition) is 3. The van der Waals surface area contributed by atoms with Crippen LogP contribution in [-0.2, 0) is 11.3 Å². The van der Waals surface area contributed by atoms with E-state index in [-0.39, 0.29) is 17.7 Å². The van der Waals surface area contributed by atoms with Crippen molar-refractivity contribution in [3.63, 3.8) is 0 Å². The first-order chi connectivity index (χ1) is 8.58. The van der Waals surface area contributed by atoms with Crippen LogP contribution in [0.2, 0.25) is 0 Å². The first-order valence-corrected chi connectivity index (χ1v) is 6.58. The number of halogens is 1. The van der Waals surface area contributed by atoms with Gasteiger partial charge in [0, 0.05) is 36.2 Å². The molecular weight excluding hydrogens is 298 g/mol. The van der Waals surface area contributed by atoms with Crippen molar-refractivity contribution in [2.24, 2.45) is 5.73 Å². The molecule has 6 heteroatoms. The van der Waals surface area contributed by atoms with Crippen LogP contribution in [0, 0.1) is 0 Å². The van der Waals surface area contributed by atoms with Crippen molar-refractivity contribution >= 4 is 21.8 Å². The third kappa shape index (κ3) is 3.01. The number of phenols is 1. The van der Waals surface area contributed by atoms with Gasteiger partial charge in [-0.15, -0.1) is 0 Å². The summed E-state index contributed by atoms with van der Waals surface area (Å²) in [6, 6.07) is 4.95. The van der Waals surface area contributed by atoms with Crippen molar-refractivity contribution < 1.29 is 9.90 Å². The lowest BCUT2D eigenvalue weighted by atomic mass is 10.1. The Balaban J connectivity index is 2.15. The number of carbonyl (C=O) groups is 1. The summed E-state index contributed by atoms with van der Waals surface area (Å²) in [4.78, 5) is 13.4. The maximum atomic E-state index is 11.4. The lowest BCUT2D eigenvalue weighted by molar-refractivity contribution is -0.124. The molecule has 1 amide bonds. The Morgan fingerprint density at radius 2 is 2.39 bits per heavy atom. The average molecular weight is 314 g/mol. The molecule has 1 aliphatic rings. The minimum atomic E-state index is -0.336. The van der Waals surface area contributed by atoms with Crippen LogP contribution in [0.25, 0.3) is 0 Å². The van der Waals surface area contributed by atoms with Gasteiger partial charge in [-0.05, 0) is 18.2 Å². The molecule has 0 saturated carbocycles. The van der Waals surface area contributed by atoms with E-state index in [1.807, 2.05) is 11.0 Å². The van der Waals surface area contributed by atoms with E-state index in [1.165, 1.54) is 0 Å². The van der Waals surface area contributed by atoms with E-state index in [0.717, 1.165) is 23.1 Å². The molecule has 0 radical (unpaired) electrons. The molecule has 1 fully saturated rings. The van der Waals surface area contributed by atoms with Gasteiger partial charge in [0.15, 0.2) is 0 Å². The van der Waals surface area contributed by atoms with Crippen LogP contribution in [0.1, 0.15) is 5.56 Å². The number of rotatable bonds is 3. The summed E-state index contributed by atoms with van der Waals surface area (Å²) >= 11 is 3.37. The van der Waals surface area contributed by atoms with Gasteiger partial charge in [-0.1, -0.05) is 15.9 Å². The first-order valence-electron chi connectivity index (χ1n) is 5.79. The minimum absolute atomic E-state index is 0.236. The lowest BCUT2D eigenvalue weighted by Gasteiger charge is -2.34. The highest BCUT2D eigenvalue weighted by molar-refractivity contribution is 9.10. The van der Waals surface area contributed by atoms with Gasteiger partial charge in [-0.3, -0.25) is 9.69 Å². The van der Waals surface area contributed by atoms with Crippen molar-refractivity contribution in [2.75, 3.05) is 19.6 Å². The van der Waals surface area contributed by atoms with Crippen molar-refractivity contribution in [3.8, 4) is 5.75 Å². The molecule has 1 heterocycles. The van der Waals surface area contributed by atoms with E-state index < -0.39 is 0 Å². The lowest BCUT2D eigenvalue weighted by Crippen LogP contribution is -2.56. The molecule has 1 aliphatic heterocycles. The van der Waals surface area contributed by atoms with E-state index in [4.69, 9.17) is 5.73 Å². The Labute approximate surface area is 114 Å². The zero-order chi connectivity index (χ0) is 13.1. The quantitative estimate of drug-likeness (QED) is 0.755. The number of piperazine rings is 1. The highest BCUT2D eigenvalue weighted by Crippen LogP contribution is 2.24. The summed E-state index contributed by atoms with van der Waals surface area (Å²) in [6.07, 6.45) is 0. The molecule has 1 aromatic carbocycles. The molecule has 1 atom stereocenters. The molecule has 1 saturated heterocycles. The van der Waals surface area contributed by atoms with Gasteiger partial charge in [-0.25, -0.2) is 0 Å². The first kappa shape index (κ1) is 13.3. The monoisotopic (exact) mass is 313 g/mol. The van der Waals surface area contributed by atoms with E-state index in [2.05, 4.69) is 21.2 Å².